The van der Waals surface area contributed by atoms with Gasteiger partial charge in [-0.1, -0.05) is 31.9 Å². The topological polar surface area (TPSA) is 0 Å². The van der Waals surface area contributed by atoms with Crippen molar-refractivity contribution in [1.82, 2.24) is 0 Å². The van der Waals surface area contributed by atoms with Gasteiger partial charge in [0.05, 0.1) is 5.92 Å². The van der Waals surface area contributed by atoms with E-state index in [1.54, 1.807) is 6.92 Å². The van der Waals surface area contributed by atoms with Gasteiger partial charge in [0.15, 0.2) is 0 Å². The Balaban J connectivity index is 4.04. The van der Waals surface area contributed by atoms with Gasteiger partial charge in [-0.3, -0.25) is 0 Å². The first-order chi connectivity index (χ1) is 5.52. The standard InChI is InChI=1S/C9H15F3/c1-3-5-7-8(6-4-2)9(10,11)12/h4,6,8H,3,5,7H2,1-2H3/b6-4+. The molecule has 0 aliphatic heterocycles. The zero-order valence-corrected chi connectivity index (χ0v) is 7.49. The fourth-order valence-corrected chi connectivity index (χ4v) is 1.03. The lowest BCUT2D eigenvalue weighted by Gasteiger charge is -2.15. The summed E-state index contributed by atoms with van der Waals surface area (Å²) in [4.78, 5) is 0. The van der Waals surface area contributed by atoms with E-state index in [2.05, 4.69) is 0 Å². The molecule has 0 amide bonds. The average Bonchev–Trinajstić information content (AvgIpc) is 1.95. The molecular weight excluding hydrogens is 165 g/mol. The normalized spacial score (nSPS) is 15.4. The number of rotatable bonds is 4. The van der Waals surface area contributed by atoms with Crippen LogP contribution in [0.5, 0.6) is 0 Å². The van der Waals surface area contributed by atoms with Crippen LogP contribution in [0.25, 0.3) is 0 Å². The molecule has 0 radical (unpaired) electrons. The van der Waals surface area contributed by atoms with Crippen LogP contribution in [0.4, 0.5) is 13.2 Å². The molecule has 72 valence electrons. The van der Waals surface area contributed by atoms with E-state index in [4.69, 9.17) is 0 Å². The van der Waals surface area contributed by atoms with Crippen LogP contribution in [0.3, 0.4) is 0 Å². The lowest BCUT2D eigenvalue weighted by atomic mass is 10.0. The van der Waals surface area contributed by atoms with E-state index >= 15 is 0 Å². The summed E-state index contributed by atoms with van der Waals surface area (Å²) in [6, 6.07) is 0. The van der Waals surface area contributed by atoms with E-state index in [-0.39, 0.29) is 6.42 Å². The van der Waals surface area contributed by atoms with Crippen molar-refractivity contribution in [3.05, 3.63) is 12.2 Å². The molecule has 1 unspecified atom stereocenters. The van der Waals surface area contributed by atoms with Crippen molar-refractivity contribution in [3.63, 3.8) is 0 Å². The second-order valence-electron chi connectivity index (χ2n) is 2.82. The van der Waals surface area contributed by atoms with Gasteiger partial charge in [-0.2, -0.15) is 13.2 Å². The van der Waals surface area contributed by atoms with Gasteiger partial charge >= 0.3 is 6.18 Å². The highest BCUT2D eigenvalue weighted by atomic mass is 19.4. The average molecular weight is 180 g/mol. The highest BCUT2D eigenvalue weighted by Gasteiger charge is 2.36. The summed E-state index contributed by atoms with van der Waals surface area (Å²) in [5, 5.41) is 0. The predicted molar refractivity (Wildman–Crippen MR) is 43.9 cm³/mol. The minimum absolute atomic E-state index is 0.213. The van der Waals surface area contributed by atoms with Crippen LogP contribution < -0.4 is 0 Å². The van der Waals surface area contributed by atoms with Gasteiger partial charge in [-0.15, -0.1) is 0 Å². The Bertz CT molecular complexity index is 135. The molecule has 0 aromatic heterocycles. The van der Waals surface area contributed by atoms with Gasteiger partial charge in [0, 0.05) is 0 Å². The van der Waals surface area contributed by atoms with Crippen LogP contribution in [0, 0.1) is 5.92 Å². The van der Waals surface area contributed by atoms with Crippen LogP contribution in [-0.4, -0.2) is 6.18 Å². The molecule has 0 aromatic rings. The summed E-state index contributed by atoms with van der Waals surface area (Å²) in [7, 11) is 0. The maximum atomic E-state index is 12.2. The van der Waals surface area contributed by atoms with Gasteiger partial charge in [-0.05, 0) is 13.3 Å². The summed E-state index contributed by atoms with van der Waals surface area (Å²) < 4.78 is 36.5. The van der Waals surface area contributed by atoms with Gasteiger partial charge in [0.25, 0.3) is 0 Å². The summed E-state index contributed by atoms with van der Waals surface area (Å²) in [6.07, 6.45) is 0.286. The molecule has 0 spiro atoms. The molecule has 0 saturated heterocycles. The first-order valence-corrected chi connectivity index (χ1v) is 4.21. The number of allylic oxidation sites excluding steroid dienone is 2. The van der Waals surface area contributed by atoms with Crippen molar-refractivity contribution in [2.75, 3.05) is 0 Å². The molecule has 0 aliphatic carbocycles. The van der Waals surface area contributed by atoms with Gasteiger partial charge in [-0.25, -0.2) is 0 Å². The van der Waals surface area contributed by atoms with Crippen molar-refractivity contribution in [3.8, 4) is 0 Å². The maximum absolute atomic E-state index is 12.2. The first kappa shape index (κ1) is 11.5. The fraction of sp³-hybridized carbons (Fsp3) is 0.778. The van der Waals surface area contributed by atoms with Crippen LogP contribution in [-0.2, 0) is 0 Å². The van der Waals surface area contributed by atoms with E-state index in [9.17, 15) is 13.2 Å². The monoisotopic (exact) mass is 180 g/mol. The molecule has 0 fully saturated rings. The quantitative estimate of drug-likeness (QED) is 0.575. The number of unbranched alkanes of at least 4 members (excludes halogenated alkanes) is 1. The zero-order valence-electron chi connectivity index (χ0n) is 7.49. The molecule has 0 bridgehead atoms. The van der Waals surface area contributed by atoms with Crippen molar-refractivity contribution in [1.29, 1.82) is 0 Å². The van der Waals surface area contributed by atoms with Crippen molar-refractivity contribution in [2.24, 2.45) is 5.92 Å². The number of halogens is 3. The Kier molecular flexibility index (Phi) is 5.02. The Morgan fingerprint density at radius 1 is 1.33 bits per heavy atom. The molecular formula is C9H15F3. The van der Waals surface area contributed by atoms with Crippen LogP contribution in [0.1, 0.15) is 33.1 Å². The van der Waals surface area contributed by atoms with Gasteiger partial charge < -0.3 is 0 Å². The van der Waals surface area contributed by atoms with Crippen molar-refractivity contribution >= 4 is 0 Å². The molecule has 0 aliphatic rings. The summed E-state index contributed by atoms with van der Waals surface area (Å²) in [5.41, 5.74) is 0. The number of hydrogen-bond acceptors (Lipinski definition) is 0. The summed E-state index contributed by atoms with van der Waals surface area (Å²) in [5.74, 6) is -1.25. The summed E-state index contributed by atoms with van der Waals surface area (Å²) in [6.45, 7) is 3.51. The van der Waals surface area contributed by atoms with E-state index in [0.29, 0.717) is 6.42 Å². The second kappa shape index (κ2) is 5.22. The Hall–Kier alpha value is -0.470. The Morgan fingerprint density at radius 3 is 2.25 bits per heavy atom. The van der Waals surface area contributed by atoms with Crippen LogP contribution in [0.15, 0.2) is 12.2 Å². The molecule has 0 saturated carbocycles. The molecule has 0 aromatic carbocycles. The SMILES string of the molecule is C/C=C/C(CCCC)C(F)(F)F. The van der Waals surface area contributed by atoms with Gasteiger partial charge in [0.1, 0.15) is 0 Å². The molecule has 3 heteroatoms. The minimum Gasteiger partial charge on any atom is -0.170 e. The van der Waals surface area contributed by atoms with Crippen LogP contribution >= 0.6 is 0 Å². The minimum atomic E-state index is -4.07. The highest BCUT2D eigenvalue weighted by molar-refractivity contribution is 4.89. The van der Waals surface area contributed by atoms with E-state index in [0.717, 1.165) is 6.42 Å². The van der Waals surface area contributed by atoms with E-state index < -0.39 is 12.1 Å². The lowest BCUT2D eigenvalue weighted by molar-refractivity contribution is -0.162. The van der Waals surface area contributed by atoms with E-state index in [1.807, 2.05) is 6.92 Å². The lowest BCUT2D eigenvalue weighted by Crippen LogP contribution is -2.20. The molecule has 0 rings (SSSR count). The maximum Gasteiger partial charge on any atom is 0.395 e. The third kappa shape index (κ3) is 4.42. The number of hydrogen-bond donors (Lipinski definition) is 0. The van der Waals surface area contributed by atoms with Crippen molar-refractivity contribution in [2.45, 2.75) is 39.3 Å². The third-order valence-corrected chi connectivity index (χ3v) is 1.71. The second-order valence-corrected chi connectivity index (χ2v) is 2.82. The molecule has 0 heterocycles. The van der Waals surface area contributed by atoms with E-state index in [1.165, 1.54) is 12.2 Å². The molecule has 1 atom stereocenters. The van der Waals surface area contributed by atoms with Gasteiger partial charge in [0.2, 0.25) is 0 Å². The van der Waals surface area contributed by atoms with Crippen molar-refractivity contribution < 1.29 is 13.2 Å². The smallest absolute Gasteiger partial charge is 0.170 e. The highest BCUT2D eigenvalue weighted by Crippen LogP contribution is 2.31. The third-order valence-electron chi connectivity index (χ3n) is 1.71. The largest absolute Gasteiger partial charge is 0.395 e. The van der Waals surface area contributed by atoms with Crippen LogP contribution in [0.2, 0.25) is 0 Å². The Labute approximate surface area is 71.5 Å². The zero-order chi connectivity index (χ0) is 9.61. The molecule has 0 nitrogen and oxygen atoms in total. The number of alkyl halides is 3. The summed E-state index contributed by atoms with van der Waals surface area (Å²) >= 11 is 0. The first-order valence-electron chi connectivity index (χ1n) is 4.21. The molecule has 12 heavy (non-hydrogen) atoms. The predicted octanol–water partition coefficient (Wildman–Crippen LogP) is 3.93. The molecule has 0 N–H and O–H groups in total. The Morgan fingerprint density at radius 2 is 1.92 bits per heavy atom. The fourth-order valence-electron chi connectivity index (χ4n) is 1.03.